The highest BCUT2D eigenvalue weighted by molar-refractivity contribution is 7.13. The zero-order valence-electron chi connectivity index (χ0n) is 10.8. The Kier molecular flexibility index (Phi) is 4.16. The number of rotatable bonds is 5. The topological polar surface area (TPSA) is 59.4 Å². The summed E-state index contributed by atoms with van der Waals surface area (Å²) in [6.07, 6.45) is 2.01. The second-order valence-electron chi connectivity index (χ2n) is 4.24. The average molecular weight is 277 g/mol. The van der Waals surface area contributed by atoms with E-state index in [1.54, 1.807) is 0 Å². The lowest BCUT2D eigenvalue weighted by Gasteiger charge is -2.10. The van der Waals surface area contributed by atoms with E-state index in [4.69, 9.17) is 9.84 Å². The summed E-state index contributed by atoms with van der Waals surface area (Å²) in [5.74, 6) is -0.0306. The van der Waals surface area contributed by atoms with E-state index in [1.165, 1.54) is 17.5 Å². The van der Waals surface area contributed by atoms with Crippen LogP contribution in [0.15, 0.2) is 24.4 Å². The van der Waals surface area contributed by atoms with Gasteiger partial charge >= 0.3 is 5.97 Å². The number of nitrogens with zero attached hydrogens (tertiary/aromatic N) is 1. The molecular formula is C14H15NO3S. The molecular weight excluding hydrogens is 262 g/mol. The summed E-state index contributed by atoms with van der Waals surface area (Å²) < 4.78 is 5.76. The average Bonchev–Trinajstić information content (AvgIpc) is 2.82. The second-order valence-corrected chi connectivity index (χ2v) is 5.36. The summed E-state index contributed by atoms with van der Waals surface area (Å²) in [4.78, 5) is 15.1. The van der Waals surface area contributed by atoms with E-state index in [2.05, 4.69) is 4.98 Å². The summed E-state index contributed by atoms with van der Waals surface area (Å²) >= 11 is 1.19. The minimum absolute atomic E-state index is 0.266. The first-order valence-corrected chi connectivity index (χ1v) is 6.76. The fourth-order valence-electron chi connectivity index (χ4n) is 1.79. The number of benzene rings is 1. The van der Waals surface area contributed by atoms with Gasteiger partial charge in [0.05, 0.1) is 17.8 Å². The first kappa shape index (κ1) is 13.5. The van der Waals surface area contributed by atoms with Crippen LogP contribution in [-0.2, 0) is 6.42 Å². The molecule has 2 aromatic rings. The summed E-state index contributed by atoms with van der Waals surface area (Å²) in [7, 11) is 0. The maximum absolute atomic E-state index is 10.7. The van der Waals surface area contributed by atoms with E-state index >= 15 is 0 Å². The molecule has 100 valence electrons. The quantitative estimate of drug-likeness (QED) is 0.912. The van der Waals surface area contributed by atoms with Gasteiger partial charge in [-0.3, -0.25) is 0 Å². The lowest BCUT2D eigenvalue weighted by atomic mass is 10.1. The molecule has 0 atom stereocenters. The zero-order chi connectivity index (χ0) is 13.8. The molecule has 1 N–H and O–H groups in total. The number of carbonyl (C=O) groups is 1. The molecule has 1 aromatic carbocycles. The zero-order valence-corrected chi connectivity index (χ0v) is 11.7. The molecule has 2 rings (SSSR count). The van der Waals surface area contributed by atoms with Crippen molar-refractivity contribution < 1.29 is 14.6 Å². The van der Waals surface area contributed by atoms with Crippen LogP contribution >= 0.6 is 11.3 Å². The van der Waals surface area contributed by atoms with Crippen molar-refractivity contribution >= 4 is 17.3 Å². The van der Waals surface area contributed by atoms with Crippen LogP contribution in [0.4, 0.5) is 0 Å². The highest BCUT2D eigenvalue weighted by Gasteiger charge is 2.09. The lowest BCUT2D eigenvalue weighted by Crippen LogP contribution is -2.03. The molecule has 5 heteroatoms. The molecule has 0 saturated heterocycles. The largest absolute Gasteiger partial charge is 0.493 e. The number of ether oxygens (including phenoxy) is 1. The van der Waals surface area contributed by atoms with Crippen LogP contribution in [0.2, 0.25) is 0 Å². The van der Waals surface area contributed by atoms with Gasteiger partial charge in [0.1, 0.15) is 10.6 Å². The van der Waals surface area contributed by atoms with E-state index < -0.39 is 5.97 Å². The molecule has 0 aliphatic rings. The Morgan fingerprint density at radius 1 is 1.37 bits per heavy atom. The summed E-state index contributed by atoms with van der Waals surface area (Å²) in [6.45, 7) is 4.51. The van der Waals surface area contributed by atoms with Crippen molar-refractivity contribution in [1.29, 1.82) is 0 Å². The third kappa shape index (κ3) is 3.32. The fraction of sp³-hybridized carbons (Fsp3) is 0.286. The molecule has 0 saturated carbocycles. The van der Waals surface area contributed by atoms with Gasteiger partial charge in [-0.1, -0.05) is 18.2 Å². The van der Waals surface area contributed by atoms with E-state index in [1.807, 2.05) is 32.0 Å². The lowest BCUT2D eigenvalue weighted by molar-refractivity contribution is 0.0702. The Morgan fingerprint density at radius 2 is 2.05 bits per heavy atom. The monoisotopic (exact) mass is 277 g/mol. The summed E-state index contributed by atoms with van der Waals surface area (Å²) in [6, 6.07) is 6.01. The predicted molar refractivity (Wildman–Crippen MR) is 74.2 cm³/mol. The Bertz CT molecular complexity index is 572. The van der Waals surface area contributed by atoms with Crippen molar-refractivity contribution in [2.75, 3.05) is 6.61 Å². The van der Waals surface area contributed by atoms with E-state index in [9.17, 15) is 4.79 Å². The molecule has 1 heterocycles. The normalized spacial score (nSPS) is 10.4. The van der Waals surface area contributed by atoms with Crippen LogP contribution in [0.1, 0.15) is 25.8 Å². The highest BCUT2D eigenvalue weighted by atomic mass is 32.1. The number of carboxylic acid groups (broad SMARTS) is 1. The van der Waals surface area contributed by atoms with E-state index in [0.717, 1.165) is 21.9 Å². The molecule has 0 radical (unpaired) electrons. The SMILES string of the molecule is Cc1cccc(C)c1OCCc1ncc(C(=O)O)s1. The Morgan fingerprint density at radius 3 is 2.63 bits per heavy atom. The van der Waals surface area contributed by atoms with Crippen LogP contribution in [-0.4, -0.2) is 22.7 Å². The molecule has 1 aromatic heterocycles. The van der Waals surface area contributed by atoms with Gasteiger partial charge in [0.2, 0.25) is 0 Å². The Labute approximate surface area is 115 Å². The molecule has 0 fully saturated rings. The number of carboxylic acids is 1. The summed E-state index contributed by atoms with van der Waals surface area (Å²) in [5.41, 5.74) is 2.20. The first-order valence-electron chi connectivity index (χ1n) is 5.95. The maximum atomic E-state index is 10.7. The van der Waals surface area contributed by atoms with Crippen LogP contribution in [0.3, 0.4) is 0 Å². The van der Waals surface area contributed by atoms with Gasteiger partial charge in [0.15, 0.2) is 0 Å². The van der Waals surface area contributed by atoms with Crippen LogP contribution in [0, 0.1) is 13.8 Å². The summed E-state index contributed by atoms with van der Waals surface area (Å²) in [5, 5.41) is 9.59. The minimum atomic E-state index is -0.931. The maximum Gasteiger partial charge on any atom is 0.347 e. The molecule has 0 aliphatic carbocycles. The smallest absolute Gasteiger partial charge is 0.347 e. The Balaban J connectivity index is 1.94. The van der Waals surface area contributed by atoms with Gasteiger partial charge in [-0.2, -0.15) is 0 Å². The third-order valence-electron chi connectivity index (χ3n) is 2.74. The van der Waals surface area contributed by atoms with Crippen molar-refractivity contribution in [3.63, 3.8) is 0 Å². The number of aryl methyl sites for hydroxylation is 2. The van der Waals surface area contributed by atoms with Crippen molar-refractivity contribution in [3.05, 3.63) is 45.4 Å². The Hall–Kier alpha value is -1.88. The van der Waals surface area contributed by atoms with Crippen molar-refractivity contribution in [2.24, 2.45) is 0 Å². The minimum Gasteiger partial charge on any atom is -0.493 e. The number of aromatic carboxylic acids is 1. The molecule has 0 unspecified atom stereocenters. The first-order chi connectivity index (χ1) is 9.08. The van der Waals surface area contributed by atoms with Gasteiger partial charge in [-0.15, -0.1) is 11.3 Å². The van der Waals surface area contributed by atoms with Crippen molar-refractivity contribution in [2.45, 2.75) is 20.3 Å². The predicted octanol–water partition coefficient (Wildman–Crippen LogP) is 3.08. The molecule has 4 nitrogen and oxygen atoms in total. The van der Waals surface area contributed by atoms with Gasteiger partial charge in [-0.25, -0.2) is 9.78 Å². The molecule has 0 amide bonds. The van der Waals surface area contributed by atoms with Gasteiger partial charge in [-0.05, 0) is 25.0 Å². The molecule has 0 spiro atoms. The van der Waals surface area contributed by atoms with Crippen LogP contribution < -0.4 is 4.74 Å². The molecule has 19 heavy (non-hydrogen) atoms. The van der Waals surface area contributed by atoms with Crippen LogP contribution in [0.5, 0.6) is 5.75 Å². The number of hydrogen-bond donors (Lipinski definition) is 1. The third-order valence-corrected chi connectivity index (χ3v) is 3.78. The number of para-hydroxylation sites is 1. The van der Waals surface area contributed by atoms with Crippen molar-refractivity contribution in [3.8, 4) is 5.75 Å². The standard InChI is InChI=1S/C14H15NO3S/c1-9-4-3-5-10(2)13(9)18-7-6-12-15-8-11(19-12)14(16)17/h3-5,8H,6-7H2,1-2H3,(H,16,17). The van der Waals surface area contributed by atoms with Gasteiger partial charge in [0, 0.05) is 6.42 Å². The second kappa shape index (κ2) is 5.84. The van der Waals surface area contributed by atoms with Gasteiger partial charge < -0.3 is 9.84 Å². The molecule has 0 aliphatic heterocycles. The number of hydrogen-bond acceptors (Lipinski definition) is 4. The van der Waals surface area contributed by atoms with Crippen LogP contribution in [0.25, 0.3) is 0 Å². The fourth-order valence-corrected chi connectivity index (χ4v) is 2.53. The van der Waals surface area contributed by atoms with Gasteiger partial charge in [0.25, 0.3) is 0 Å². The molecule has 0 bridgehead atoms. The number of aromatic nitrogens is 1. The van der Waals surface area contributed by atoms with E-state index in [-0.39, 0.29) is 4.88 Å². The van der Waals surface area contributed by atoms with Crippen molar-refractivity contribution in [1.82, 2.24) is 4.98 Å². The number of thiazole rings is 1. The van der Waals surface area contributed by atoms with E-state index in [0.29, 0.717) is 13.0 Å². The highest BCUT2D eigenvalue weighted by Crippen LogP contribution is 2.22.